The molecule has 3 heteroatoms. The van der Waals surface area contributed by atoms with Crippen molar-refractivity contribution in [2.45, 2.75) is 26.2 Å². The lowest BCUT2D eigenvalue weighted by Crippen LogP contribution is -1.96. The Bertz CT molecular complexity index is 574. The van der Waals surface area contributed by atoms with E-state index in [1.165, 1.54) is 30.0 Å². The van der Waals surface area contributed by atoms with Crippen LogP contribution in [0.15, 0.2) is 42.6 Å². The maximum absolute atomic E-state index is 5.21. The van der Waals surface area contributed by atoms with Gasteiger partial charge < -0.3 is 10.7 Å². The van der Waals surface area contributed by atoms with Gasteiger partial charge in [0.2, 0.25) is 0 Å². The van der Waals surface area contributed by atoms with E-state index >= 15 is 0 Å². The minimum atomic E-state index is 0.855. The molecule has 2 heterocycles. The van der Waals surface area contributed by atoms with Gasteiger partial charge in [0.15, 0.2) is 0 Å². The summed E-state index contributed by atoms with van der Waals surface area (Å²) in [6, 6.07) is 12.3. The van der Waals surface area contributed by atoms with Crippen LogP contribution in [0.5, 0.6) is 0 Å². The molecule has 0 spiro atoms. The smallest absolute Gasteiger partial charge is 0.138 e. The number of aromatic nitrogens is 2. The van der Waals surface area contributed by atoms with E-state index in [-0.39, 0.29) is 0 Å². The Morgan fingerprint density at radius 2 is 1.84 bits per heavy atom. The summed E-state index contributed by atoms with van der Waals surface area (Å²) in [6.45, 7) is 3.03. The van der Waals surface area contributed by atoms with E-state index in [4.69, 9.17) is 5.73 Å². The minimum Gasteiger partial charge on any atom is -0.339 e. The maximum Gasteiger partial charge on any atom is 0.138 e. The van der Waals surface area contributed by atoms with Gasteiger partial charge in [-0.25, -0.2) is 4.98 Å². The Morgan fingerprint density at radius 1 is 1.05 bits per heavy atom. The van der Waals surface area contributed by atoms with Gasteiger partial charge >= 0.3 is 0 Å². The summed E-state index contributed by atoms with van der Waals surface area (Å²) < 4.78 is 0. The second-order valence-electron chi connectivity index (χ2n) is 4.57. The van der Waals surface area contributed by atoms with Gasteiger partial charge in [-0.1, -0.05) is 38.0 Å². The molecular weight excluding hydrogens is 234 g/mol. The molecule has 0 unspecified atom stereocenters. The summed E-state index contributed by atoms with van der Waals surface area (Å²) in [5.74, 6) is 0. The van der Waals surface area contributed by atoms with Gasteiger partial charge in [0.1, 0.15) is 5.65 Å². The lowest BCUT2D eigenvalue weighted by Gasteiger charge is -1.87. The van der Waals surface area contributed by atoms with Crippen LogP contribution in [0.3, 0.4) is 0 Å². The predicted octanol–water partition coefficient (Wildman–Crippen LogP) is 3.85. The average molecular weight is 255 g/mol. The number of benzene rings is 1. The summed E-state index contributed by atoms with van der Waals surface area (Å²) in [7, 11) is 0. The Hall–Kier alpha value is -1.87. The van der Waals surface area contributed by atoms with Crippen LogP contribution in [0.25, 0.3) is 21.9 Å². The first-order chi connectivity index (χ1) is 9.36. The van der Waals surface area contributed by atoms with Crippen molar-refractivity contribution in [3.8, 4) is 0 Å². The summed E-state index contributed by atoms with van der Waals surface area (Å²) >= 11 is 0. The number of fused-ring (bicyclic) bond motifs is 3. The molecule has 0 atom stereocenters. The zero-order chi connectivity index (χ0) is 13.5. The zero-order valence-corrected chi connectivity index (χ0v) is 11.4. The molecule has 0 saturated carbocycles. The lowest BCUT2D eigenvalue weighted by atomic mass is 10.2. The van der Waals surface area contributed by atoms with Crippen molar-refractivity contribution in [3.63, 3.8) is 0 Å². The van der Waals surface area contributed by atoms with Gasteiger partial charge in [0.25, 0.3) is 0 Å². The van der Waals surface area contributed by atoms with Crippen LogP contribution in [0.2, 0.25) is 0 Å². The molecule has 2 aromatic heterocycles. The summed E-state index contributed by atoms with van der Waals surface area (Å²) in [4.78, 5) is 7.53. The van der Waals surface area contributed by atoms with Crippen LogP contribution in [-0.2, 0) is 0 Å². The minimum absolute atomic E-state index is 0.855. The molecule has 100 valence electrons. The zero-order valence-electron chi connectivity index (χ0n) is 11.4. The fourth-order valence-electron chi connectivity index (χ4n) is 2.07. The molecule has 0 radical (unpaired) electrons. The number of unbranched alkanes of at least 4 members (excludes halogenated alkanes) is 2. The number of nitrogens with two attached hydrogens (primary N) is 1. The maximum atomic E-state index is 5.21. The number of H-pyrrole nitrogens is 1. The van der Waals surface area contributed by atoms with Crippen molar-refractivity contribution in [3.05, 3.63) is 42.6 Å². The van der Waals surface area contributed by atoms with Crippen molar-refractivity contribution in [2.75, 3.05) is 6.54 Å². The molecular formula is C16H21N3. The summed E-state index contributed by atoms with van der Waals surface area (Å²) in [5.41, 5.74) is 7.33. The van der Waals surface area contributed by atoms with Crippen LogP contribution in [-0.4, -0.2) is 16.5 Å². The van der Waals surface area contributed by atoms with Crippen LogP contribution >= 0.6 is 0 Å². The van der Waals surface area contributed by atoms with Crippen LogP contribution in [0.4, 0.5) is 0 Å². The van der Waals surface area contributed by atoms with Crippen LogP contribution < -0.4 is 5.73 Å². The number of pyridine rings is 1. The van der Waals surface area contributed by atoms with E-state index in [2.05, 4.69) is 35.1 Å². The van der Waals surface area contributed by atoms with E-state index in [0.717, 1.165) is 17.7 Å². The molecule has 1 aromatic carbocycles. The first-order valence-corrected chi connectivity index (χ1v) is 6.88. The third-order valence-corrected chi connectivity index (χ3v) is 3.09. The Morgan fingerprint density at radius 3 is 2.58 bits per heavy atom. The molecule has 19 heavy (non-hydrogen) atoms. The van der Waals surface area contributed by atoms with Crippen molar-refractivity contribution in [1.82, 2.24) is 9.97 Å². The molecule has 3 N–H and O–H groups in total. The molecule has 0 aliphatic carbocycles. The average Bonchev–Trinajstić information content (AvgIpc) is 2.84. The van der Waals surface area contributed by atoms with Crippen molar-refractivity contribution in [1.29, 1.82) is 0 Å². The lowest BCUT2D eigenvalue weighted by molar-refractivity contribution is 0.727. The first-order valence-electron chi connectivity index (χ1n) is 6.88. The number of nitrogens with zero attached hydrogens (tertiary/aromatic N) is 1. The van der Waals surface area contributed by atoms with E-state index in [1.54, 1.807) is 6.20 Å². The highest BCUT2D eigenvalue weighted by molar-refractivity contribution is 6.05. The molecule has 0 saturated heterocycles. The molecule has 3 aromatic rings. The van der Waals surface area contributed by atoms with Gasteiger partial charge in [-0.05, 0) is 31.2 Å². The van der Waals surface area contributed by atoms with Gasteiger partial charge in [0.05, 0.1) is 0 Å². The molecule has 0 aliphatic rings. The second kappa shape index (κ2) is 6.90. The van der Waals surface area contributed by atoms with E-state index in [9.17, 15) is 0 Å². The number of nitrogens with one attached hydrogen (secondary N) is 1. The van der Waals surface area contributed by atoms with E-state index in [0.29, 0.717) is 0 Å². The highest BCUT2D eigenvalue weighted by Gasteiger charge is 2.01. The second-order valence-corrected chi connectivity index (χ2v) is 4.57. The van der Waals surface area contributed by atoms with Gasteiger partial charge in [-0.2, -0.15) is 0 Å². The Kier molecular flexibility index (Phi) is 4.93. The standard InChI is InChI=1S/C11H8N2.C5H13N/c1-2-6-10-8(4-1)9-5-3-7-12-11(9)13-10;1-2-3-4-5-6/h1-7H,(H,12,13);2-6H2,1H3. The van der Waals surface area contributed by atoms with E-state index < -0.39 is 0 Å². The van der Waals surface area contributed by atoms with Crippen LogP contribution in [0, 0.1) is 0 Å². The van der Waals surface area contributed by atoms with Crippen LogP contribution in [0.1, 0.15) is 26.2 Å². The van der Waals surface area contributed by atoms with Crippen molar-refractivity contribution >= 4 is 21.9 Å². The third kappa shape index (κ3) is 3.32. The molecule has 0 aliphatic heterocycles. The van der Waals surface area contributed by atoms with Gasteiger partial charge in [-0.15, -0.1) is 0 Å². The monoisotopic (exact) mass is 255 g/mol. The number of rotatable bonds is 3. The quantitative estimate of drug-likeness (QED) is 0.698. The molecule has 0 fully saturated rings. The largest absolute Gasteiger partial charge is 0.339 e. The SMILES string of the molecule is CCCCCN.c1ccc2c(c1)[nH]c1ncccc12. The Labute approximate surface area is 113 Å². The normalized spacial score (nSPS) is 10.4. The fourth-order valence-corrected chi connectivity index (χ4v) is 2.07. The fraction of sp³-hybridized carbons (Fsp3) is 0.312. The number of hydrogen-bond acceptors (Lipinski definition) is 2. The molecule has 3 nitrogen and oxygen atoms in total. The third-order valence-electron chi connectivity index (χ3n) is 3.09. The highest BCUT2D eigenvalue weighted by Crippen LogP contribution is 2.22. The summed E-state index contributed by atoms with van der Waals surface area (Å²) in [6.07, 6.45) is 5.56. The Balaban J connectivity index is 0.000000192. The van der Waals surface area contributed by atoms with Gasteiger partial charge in [0, 0.05) is 22.5 Å². The molecule has 3 rings (SSSR count). The highest BCUT2D eigenvalue weighted by atomic mass is 14.8. The number of para-hydroxylation sites is 1. The first kappa shape index (κ1) is 13.6. The topological polar surface area (TPSA) is 54.7 Å². The van der Waals surface area contributed by atoms with Crippen molar-refractivity contribution < 1.29 is 0 Å². The molecule has 0 amide bonds. The van der Waals surface area contributed by atoms with Gasteiger partial charge in [-0.3, -0.25) is 0 Å². The molecule has 0 bridgehead atoms. The number of hydrogen-bond donors (Lipinski definition) is 2. The van der Waals surface area contributed by atoms with E-state index in [1.807, 2.05) is 18.2 Å². The summed E-state index contributed by atoms with van der Waals surface area (Å²) in [5, 5.41) is 2.43. The number of aromatic amines is 1. The predicted molar refractivity (Wildman–Crippen MR) is 82.2 cm³/mol. The van der Waals surface area contributed by atoms with Crippen molar-refractivity contribution in [2.24, 2.45) is 5.73 Å².